The molecule has 0 aliphatic heterocycles. The summed E-state index contributed by atoms with van der Waals surface area (Å²) in [6.45, 7) is 0.822. The average molecular weight is 435 g/mol. The number of halogens is 2. The SMILES string of the molecule is Cn1ncc(Br)c1CNC(=O)c1ccc(COc2ccc(Cl)cc2)cc1. The van der Waals surface area contributed by atoms with Crippen LogP contribution in [0.1, 0.15) is 21.6 Å². The van der Waals surface area contributed by atoms with Gasteiger partial charge in [-0.25, -0.2) is 0 Å². The molecule has 0 saturated heterocycles. The highest BCUT2D eigenvalue weighted by Gasteiger charge is 2.10. The van der Waals surface area contributed by atoms with Crippen molar-refractivity contribution in [3.8, 4) is 5.75 Å². The number of carbonyl (C=O) groups is 1. The number of aromatic nitrogens is 2. The molecule has 0 saturated carbocycles. The molecule has 26 heavy (non-hydrogen) atoms. The first-order valence-corrected chi connectivity index (χ1v) is 9.12. The number of hydrogen-bond donors (Lipinski definition) is 1. The molecule has 0 unspecified atom stereocenters. The molecule has 0 bridgehead atoms. The Balaban J connectivity index is 1.55. The lowest BCUT2D eigenvalue weighted by molar-refractivity contribution is 0.0950. The van der Waals surface area contributed by atoms with E-state index in [0.29, 0.717) is 23.7 Å². The van der Waals surface area contributed by atoms with E-state index in [1.807, 2.05) is 31.3 Å². The maximum atomic E-state index is 12.3. The first-order valence-electron chi connectivity index (χ1n) is 7.95. The molecule has 0 atom stereocenters. The molecule has 134 valence electrons. The zero-order valence-corrected chi connectivity index (χ0v) is 16.4. The number of nitrogens with one attached hydrogen (secondary N) is 1. The predicted molar refractivity (Wildman–Crippen MR) is 104 cm³/mol. The molecule has 3 rings (SSSR count). The number of benzene rings is 2. The van der Waals surface area contributed by atoms with Gasteiger partial charge in [0.15, 0.2) is 0 Å². The number of nitrogens with zero attached hydrogens (tertiary/aromatic N) is 2. The standard InChI is InChI=1S/C19H17BrClN3O2/c1-24-18(17(20)10-23-24)11-22-19(25)14-4-2-13(3-5-14)12-26-16-8-6-15(21)7-9-16/h2-10H,11-12H2,1H3,(H,22,25). The number of amides is 1. The van der Waals surface area contributed by atoms with Crippen LogP contribution in [-0.2, 0) is 20.2 Å². The van der Waals surface area contributed by atoms with Crippen LogP contribution in [0.3, 0.4) is 0 Å². The molecule has 7 heteroatoms. The van der Waals surface area contributed by atoms with Crippen molar-refractivity contribution in [1.29, 1.82) is 0 Å². The second kappa shape index (κ2) is 8.38. The molecule has 2 aromatic carbocycles. The molecular weight excluding hydrogens is 418 g/mol. The molecule has 3 aromatic rings. The van der Waals surface area contributed by atoms with Gasteiger partial charge in [0, 0.05) is 17.6 Å². The highest BCUT2D eigenvalue weighted by Crippen LogP contribution is 2.17. The van der Waals surface area contributed by atoms with Crippen molar-refractivity contribution >= 4 is 33.4 Å². The molecule has 0 fully saturated rings. The minimum Gasteiger partial charge on any atom is -0.489 e. The Morgan fingerprint density at radius 3 is 2.50 bits per heavy atom. The van der Waals surface area contributed by atoms with Crippen molar-refractivity contribution in [3.63, 3.8) is 0 Å². The summed E-state index contributed by atoms with van der Waals surface area (Å²) in [6.07, 6.45) is 1.71. The number of carbonyl (C=O) groups excluding carboxylic acids is 1. The van der Waals surface area contributed by atoms with Gasteiger partial charge in [0.1, 0.15) is 12.4 Å². The van der Waals surface area contributed by atoms with Crippen molar-refractivity contribution in [2.45, 2.75) is 13.2 Å². The molecule has 0 aliphatic rings. The van der Waals surface area contributed by atoms with Gasteiger partial charge in [0.05, 0.1) is 22.9 Å². The number of ether oxygens (including phenoxy) is 1. The number of rotatable bonds is 6. The topological polar surface area (TPSA) is 56.2 Å². The molecule has 0 aliphatic carbocycles. The summed E-state index contributed by atoms with van der Waals surface area (Å²) in [5.41, 5.74) is 2.48. The molecular formula is C19H17BrClN3O2. The first-order chi connectivity index (χ1) is 12.5. The summed E-state index contributed by atoms with van der Waals surface area (Å²) in [5, 5.41) is 7.69. The number of aryl methyl sites for hydroxylation is 1. The predicted octanol–water partition coefficient (Wildman–Crippen LogP) is 4.35. The molecule has 1 aromatic heterocycles. The van der Waals surface area contributed by atoms with E-state index in [1.165, 1.54) is 0 Å². The zero-order valence-electron chi connectivity index (χ0n) is 14.1. The van der Waals surface area contributed by atoms with Gasteiger partial charge in [0.25, 0.3) is 5.91 Å². The van der Waals surface area contributed by atoms with Gasteiger partial charge < -0.3 is 10.1 Å². The Hall–Kier alpha value is -2.31. The van der Waals surface area contributed by atoms with Crippen LogP contribution in [0.15, 0.2) is 59.2 Å². The van der Waals surface area contributed by atoms with Crippen molar-refractivity contribution < 1.29 is 9.53 Å². The quantitative estimate of drug-likeness (QED) is 0.628. The fraction of sp³-hybridized carbons (Fsp3) is 0.158. The maximum absolute atomic E-state index is 12.3. The fourth-order valence-electron chi connectivity index (χ4n) is 2.35. The monoisotopic (exact) mass is 433 g/mol. The Labute approximate surface area is 165 Å². The van der Waals surface area contributed by atoms with Gasteiger partial charge in [-0.15, -0.1) is 0 Å². The molecule has 0 spiro atoms. The summed E-state index contributed by atoms with van der Waals surface area (Å²) in [4.78, 5) is 12.3. The summed E-state index contributed by atoms with van der Waals surface area (Å²) < 4.78 is 8.29. The van der Waals surface area contributed by atoms with Crippen LogP contribution in [0.25, 0.3) is 0 Å². The third kappa shape index (κ3) is 4.65. The lowest BCUT2D eigenvalue weighted by Crippen LogP contribution is -2.24. The zero-order chi connectivity index (χ0) is 18.5. The largest absolute Gasteiger partial charge is 0.489 e. The van der Waals surface area contributed by atoms with Crippen LogP contribution in [-0.4, -0.2) is 15.7 Å². The highest BCUT2D eigenvalue weighted by atomic mass is 79.9. The van der Waals surface area contributed by atoms with E-state index < -0.39 is 0 Å². The molecule has 0 radical (unpaired) electrons. The van der Waals surface area contributed by atoms with E-state index in [0.717, 1.165) is 21.5 Å². The van der Waals surface area contributed by atoms with Crippen molar-refractivity contribution in [2.75, 3.05) is 0 Å². The second-order valence-corrected chi connectivity index (χ2v) is 6.98. The summed E-state index contributed by atoms with van der Waals surface area (Å²) >= 11 is 9.27. The molecule has 1 amide bonds. The Kier molecular flexibility index (Phi) is 5.96. The smallest absolute Gasteiger partial charge is 0.251 e. The summed E-state index contributed by atoms with van der Waals surface area (Å²) in [5.74, 6) is 0.612. The third-order valence-electron chi connectivity index (χ3n) is 3.86. The van der Waals surface area contributed by atoms with E-state index in [2.05, 4.69) is 26.3 Å². The third-order valence-corrected chi connectivity index (χ3v) is 4.78. The van der Waals surface area contributed by atoms with Crippen molar-refractivity contribution in [3.05, 3.63) is 81.0 Å². The molecule has 1 N–H and O–H groups in total. The van der Waals surface area contributed by atoms with Crippen molar-refractivity contribution in [2.24, 2.45) is 7.05 Å². The minimum atomic E-state index is -0.136. The van der Waals surface area contributed by atoms with Crippen LogP contribution < -0.4 is 10.1 Å². The lowest BCUT2D eigenvalue weighted by atomic mass is 10.1. The maximum Gasteiger partial charge on any atom is 0.251 e. The van der Waals surface area contributed by atoms with Gasteiger partial charge in [-0.1, -0.05) is 23.7 Å². The molecule has 5 nitrogen and oxygen atoms in total. The van der Waals surface area contributed by atoms with E-state index >= 15 is 0 Å². The van der Waals surface area contributed by atoms with Gasteiger partial charge >= 0.3 is 0 Å². The fourth-order valence-corrected chi connectivity index (χ4v) is 2.97. The highest BCUT2D eigenvalue weighted by molar-refractivity contribution is 9.10. The van der Waals surface area contributed by atoms with Crippen LogP contribution in [0.2, 0.25) is 5.02 Å². The van der Waals surface area contributed by atoms with Crippen molar-refractivity contribution in [1.82, 2.24) is 15.1 Å². The van der Waals surface area contributed by atoms with Crippen LogP contribution >= 0.6 is 27.5 Å². The molecule has 1 heterocycles. The van der Waals surface area contributed by atoms with Gasteiger partial charge in [-0.05, 0) is 57.9 Å². The van der Waals surface area contributed by atoms with Gasteiger partial charge in [-0.3, -0.25) is 9.48 Å². The Bertz CT molecular complexity index is 873. The van der Waals surface area contributed by atoms with Crippen LogP contribution in [0.4, 0.5) is 0 Å². The normalized spacial score (nSPS) is 10.6. The summed E-state index contributed by atoms with van der Waals surface area (Å²) in [7, 11) is 1.84. The average Bonchev–Trinajstić information content (AvgIpc) is 2.97. The lowest BCUT2D eigenvalue weighted by Gasteiger charge is -2.08. The minimum absolute atomic E-state index is 0.136. The first kappa shape index (κ1) is 18.5. The van der Waals surface area contributed by atoms with Crippen LogP contribution in [0, 0.1) is 0 Å². The Morgan fingerprint density at radius 2 is 1.88 bits per heavy atom. The Morgan fingerprint density at radius 1 is 1.19 bits per heavy atom. The van der Waals surface area contributed by atoms with E-state index in [9.17, 15) is 4.79 Å². The van der Waals surface area contributed by atoms with Gasteiger partial charge in [-0.2, -0.15) is 5.10 Å². The van der Waals surface area contributed by atoms with E-state index in [1.54, 1.807) is 35.1 Å². The summed E-state index contributed by atoms with van der Waals surface area (Å²) in [6, 6.07) is 14.5. The second-order valence-electron chi connectivity index (χ2n) is 5.69. The number of hydrogen-bond acceptors (Lipinski definition) is 3. The van der Waals surface area contributed by atoms with Gasteiger partial charge in [0.2, 0.25) is 0 Å². The van der Waals surface area contributed by atoms with E-state index in [-0.39, 0.29) is 5.91 Å². The van der Waals surface area contributed by atoms with Crippen LogP contribution in [0.5, 0.6) is 5.75 Å². The van der Waals surface area contributed by atoms with E-state index in [4.69, 9.17) is 16.3 Å².